The third-order valence-corrected chi connectivity index (χ3v) is 5.12. The van der Waals surface area contributed by atoms with Crippen molar-refractivity contribution in [1.82, 2.24) is 4.90 Å². The molecule has 1 aliphatic rings. The van der Waals surface area contributed by atoms with E-state index in [1.807, 2.05) is 13.8 Å². The summed E-state index contributed by atoms with van der Waals surface area (Å²) in [6.45, 7) is 4.01. The van der Waals surface area contributed by atoms with Gasteiger partial charge in [0.1, 0.15) is 4.32 Å². The number of thioether (sulfide) groups is 1. The van der Waals surface area contributed by atoms with Gasteiger partial charge in [-0.05, 0) is 31.6 Å². The molecule has 0 bridgehead atoms. The lowest BCUT2D eigenvalue weighted by atomic mass is 10.2. The molecule has 0 aliphatic carbocycles. The molecule has 2 nitrogen and oxygen atoms in total. The molecule has 6 heteroatoms. The molecule has 1 aromatic rings. The maximum atomic E-state index is 12.4. The maximum absolute atomic E-state index is 12.4. The molecule has 1 atom stereocenters. The Morgan fingerprint density at radius 1 is 1.40 bits per heavy atom. The first kappa shape index (κ1) is 15.8. The molecule has 1 saturated heterocycles. The third kappa shape index (κ3) is 3.03. The molecule has 0 aromatic heterocycles. The first-order chi connectivity index (χ1) is 9.45. The van der Waals surface area contributed by atoms with Gasteiger partial charge >= 0.3 is 0 Å². The van der Waals surface area contributed by atoms with Crippen LogP contribution in [0.4, 0.5) is 0 Å². The quantitative estimate of drug-likeness (QED) is 0.568. The molecule has 0 N–H and O–H groups in total. The van der Waals surface area contributed by atoms with E-state index < -0.39 is 0 Å². The summed E-state index contributed by atoms with van der Waals surface area (Å²) in [5, 5.41) is 1.04. The van der Waals surface area contributed by atoms with Crippen molar-refractivity contribution in [3.63, 3.8) is 0 Å². The average Bonchev–Trinajstić information content (AvgIpc) is 2.68. The van der Waals surface area contributed by atoms with Crippen LogP contribution in [0.25, 0.3) is 6.08 Å². The summed E-state index contributed by atoms with van der Waals surface area (Å²) in [6, 6.07) is 5.35. The van der Waals surface area contributed by atoms with Crippen molar-refractivity contribution in [2.45, 2.75) is 26.3 Å². The zero-order chi connectivity index (χ0) is 14.9. The Kier molecular flexibility index (Phi) is 5.13. The van der Waals surface area contributed by atoms with E-state index >= 15 is 0 Å². The molecule has 0 spiro atoms. The van der Waals surface area contributed by atoms with Gasteiger partial charge in [0.25, 0.3) is 5.91 Å². The number of rotatable bonds is 3. The topological polar surface area (TPSA) is 20.3 Å². The highest BCUT2D eigenvalue weighted by atomic mass is 35.5. The predicted octanol–water partition coefficient (Wildman–Crippen LogP) is 4.99. The molecular formula is C14H13Cl2NOS2. The minimum Gasteiger partial charge on any atom is -0.290 e. The average molecular weight is 346 g/mol. The van der Waals surface area contributed by atoms with Gasteiger partial charge in [-0.2, -0.15) is 0 Å². The van der Waals surface area contributed by atoms with Crippen LogP contribution in [0.3, 0.4) is 0 Å². The van der Waals surface area contributed by atoms with Gasteiger partial charge in [0.15, 0.2) is 0 Å². The molecule has 1 aliphatic heterocycles. The number of amides is 1. The fourth-order valence-corrected chi connectivity index (χ4v) is 3.77. The summed E-state index contributed by atoms with van der Waals surface area (Å²) in [7, 11) is 0. The summed E-state index contributed by atoms with van der Waals surface area (Å²) in [5.41, 5.74) is 0.653. The van der Waals surface area contributed by atoms with Crippen molar-refractivity contribution in [3.05, 3.63) is 38.7 Å². The van der Waals surface area contributed by atoms with Crippen molar-refractivity contribution in [2.24, 2.45) is 0 Å². The number of nitrogens with zero attached hydrogens (tertiary/aromatic N) is 1. The van der Waals surface area contributed by atoms with E-state index in [0.717, 1.165) is 6.42 Å². The van der Waals surface area contributed by atoms with Crippen molar-refractivity contribution in [3.8, 4) is 0 Å². The second-order valence-corrected chi connectivity index (χ2v) is 6.93. The summed E-state index contributed by atoms with van der Waals surface area (Å²) in [5.74, 6) is -0.0784. The lowest BCUT2D eigenvalue weighted by molar-refractivity contribution is -0.123. The van der Waals surface area contributed by atoms with Crippen LogP contribution in [-0.4, -0.2) is 21.2 Å². The van der Waals surface area contributed by atoms with E-state index in [0.29, 0.717) is 24.8 Å². The number of halogens is 2. The van der Waals surface area contributed by atoms with Crippen LogP contribution in [0.5, 0.6) is 0 Å². The molecule has 1 amide bonds. The molecular weight excluding hydrogens is 333 g/mol. The first-order valence-electron chi connectivity index (χ1n) is 6.16. The smallest absolute Gasteiger partial charge is 0.266 e. The van der Waals surface area contributed by atoms with Gasteiger partial charge in [-0.15, -0.1) is 0 Å². The van der Waals surface area contributed by atoms with Gasteiger partial charge in [0.2, 0.25) is 0 Å². The van der Waals surface area contributed by atoms with E-state index in [1.165, 1.54) is 11.8 Å². The second kappa shape index (κ2) is 6.48. The van der Waals surface area contributed by atoms with Crippen LogP contribution in [0.1, 0.15) is 25.8 Å². The van der Waals surface area contributed by atoms with E-state index in [-0.39, 0.29) is 11.9 Å². The fraction of sp³-hybridized carbons (Fsp3) is 0.286. The van der Waals surface area contributed by atoms with Crippen LogP contribution >= 0.6 is 47.2 Å². The zero-order valence-electron chi connectivity index (χ0n) is 11.0. The van der Waals surface area contributed by atoms with Gasteiger partial charge in [0, 0.05) is 21.7 Å². The van der Waals surface area contributed by atoms with Gasteiger partial charge in [-0.25, -0.2) is 0 Å². The normalized spacial score (nSPS) is 19.0. The highest BCUT2D eigenvalue weighted by molar-refractivity contribution is 8.26. The molecule has 106 valence electrons. The number of carbonyl (C=O) groups is 1. The maximum Gasteiger partial charge on any atom is 0.266 e. The molecule has 0 radical (unpaired) electrons. The monoisotopic (exact) mass is 345 g/mol. The van der Waals surface area contributed by atoms with E-state index in [4.69, 9.17) is 35.4 Å². The predicted molar refractivity (Wildman–Crippen MR) is 91.2 cm³/mol. The zero-order valence-corrected chi connectivity index (χ0v) is 14.2. The molecule has 0 saturated carbocycles. The Labute approximate surface area is 138 Å². The lowest BCUT2D eigenvalue weighted by Crippen LogP contribution is -2.36. The molecule has 2 rings (SSSR count). The summed E-state index contributed by atoms with van der Waals surface area (Å²) in [6.07, 6.45) is 2.57. The Balaban J connectivity index is 2.38. The van der Waals surface area contributed by atoms with Crippen LogP contribution in [0, 0.1) is 0 Å². The molecule has 1 aromatic carbocycles. The van der Waals surface area contributed by atoms with Crippen molar-refractivity contribution in [2.75, 3.05) is 0 Å². The second-order valence-electron chi connectivity index (χ2n) is 4.44. The van der Waals surface area contributed by atoms with Gasteiger partial charge in [-0.1, -0.05) is 60.2 Å². The number of thiocarbonyl (C=S) groups is 1. The standard InChI is InChI=1S/C14H13Cl2NOS2/c1-3-8(2)17-13(18)12(20-14(17)19)7-9-10(15)5-4-6-11(9)16/h4-8H,3H2,1-2H3/b12-7-/t8-/m0/s1. The summed E-state index contributed by atoms with van der Waals surface area (Å²) in [4.78, 5) is 14.6. The molecule has 1 heterocycles. The van der Waals surface area contributed by atoms with Crippen LogP contribution in [-0.2, 0) is 4.79 Å². The van der Waals surface area contributed by atoms with Crippen molar-refractivity contribution >= 4 is 63.5 Å². The Bertz CT molecular complexity index is 581. The molecule has 20 heavy (non-hydrogen) atoms. The van der Waals surface area contributed by atoms with Gasteiger partial charge in [-0.3, -0.25) is 9.69 Å². The Morgan fingerprint density at radius 2 is 2.00 bits per heavy atom. The van der Waals surface area contributed by atoms with Gasteiger partial charge in [0.05, 0.1) is 4.91 Å². The van der Waals surface area contributed by atoms with E-state index in [9.17, 15) is 4.79 Å². The molecule has 0 unspecified atom stereocenters. The number of hydrogen-bond acceptors (Lipinski definition) is 3. The summed E-state index contributed by atoms with van der Waals surface area (Å²) < 4.78 is 0.582. The summed E-state index contributed by atoms with van der Waals surface area (Å²) >= 11 is 18.8. The number of carbonyl (C=O) groups excluding carboxylic acids is 1. The number of benzene rings is 1. The Morgan fingerprint density at radius 3 is 2.55 bits per heavy atom. The molecule has 1 fully saturated rings. The highest BCUT2D eigenvalue weighted by Gasteiger charge is 2.34. The minimum atomic E-state index is -0.0784. The van der Waals surface area contributed by atoms with Gasteiger partial charge < -0.3 is 0 Å². The fourth-order valence-electron chi connectivity index (χ4n) is 1.82. The minimum absolute atomic E-state index is 0.0784. The van der Waals surface area contributed by atoms with Crippen LogP contribution in [0.2, 0.25) is 10.0 Å². The van der Waals surface area contributed by atoms with Crippen LogP contribution in [0.15, 0.2) is 23.1 Å². The highest BCUT2D eigenvalue weighted by Crippen LogP contribution is 2.36. The van der Waals surface area contributed by atoms with E-state index in [1.54, 1.807) is 29.2 Å². The lowest BCUT2D eigenvalue weighted by Gasteiger charge is -2.21. The number of hydrogen-bond donors (Lipinski definition) is 0. The van der Waals surface area contributed by atoms with Crippen molar-refractivity contribution < 1.29 is 4.79 Å². The van der Waals surface area contributed by atoms with Crippen molar-refractivity contribution in [1.29, 1.82) is 0 Å². The van der Waals surface area contributed by atoms with E-state index in [2.05, 4.69) is 0 Å². The first-order valence-corrected chi connectivity index (χ1v) is 8.14. The third-order valence-electron chi connectivity index (χ3n) is 3.13. The Hall–Kier alpha value is -0.550. The largest absolute Gasteiger partial charge is 0.290 e. The van der Waals surface area contributed by atoms with Crippen LogP contribution < -0.4 is 0 Å². The SMILES string of the molecule is CC[C@H](C)N1C(=O)/C(=C/c2c(Cl)cccc2Cl)SC1=S.